The molecule has 0 radical (unpaired) electrons. The topological polar surface area (TPSA) is 56.8 Å². The maximum atomic E-state index is 14.5. The monoisotopic (exact) mass is 477 g/mol. The van der Waals surface area contributed by atoms with Crippen LogP contribution in [0.15, 0.2) is 30.3 Å². The molecule has 1 aliphatic heterocycles. The Balaban J connectivity index is 1.43. The number of aryl methyl sites for hydroxylation is 1. The number of pyridine rings is 1. The van der Waals surface area contributed by atoms with Crippen molar-refractivity contribution in [3.63, 3.8) is 0 Å². The summed E-state index contributed by atoms with van der Waals surface area (Å²) in [6.45, 7) is 4.78. The lowest BCUT2D eigenvalue weighted by Gasteiger charge is -2.39. The first kappa shape index (κ1) is 23.6. The maximum absolute atomic E-state index is 14.5. The summed E-state index contributed by atoms with van der Waals surface area (Å²) in [5, 5.41) is 9.99. The number of halogens is 4. The normalized spacial score (nSPS) is 19.1. The molecule has 1 saturated heterocycles. The van der Waals surface area contributed by atoms with Gasteiger partial charge in [0.1, 0.15) is 23.3 Å². The first-order valence-electron chi connectivity index (χ1n) is 11.1. The van der Waals surface area contributed by atoms with Crippen LogP contribution in [0, 0.1) is 30.3 Å². The average Bonchev–Trinajstić information content (AvgIpc) is 3.21. The zero-order valence-electron chi connectivity index (χ0n) is 18.6. The van der Waals surface area contributed by atoms with Crippen LogP contribution in [0.4, 0.5) is 24.8 Å². The fourth-order valence-corrected chi connectivity index (χ4v) is 4.68. The molecule has 3 aromatic rings. The second-order valence-corrected chi connectivity index (χ2v) is 9.04. The third-order valence-electron chi connectivity index (χ3n) is 6.28. The van der Waals surface area contributed by atoms with Crippen molar-refractivity contribution in [3.05, 3.63) is 69.8 Å². The molecule has 0 aliphatic carbocycles. The molecule has 4 rings (SSSR count). The molecular weight excluding hydrogens is 451 g/mol. The number of anilines is 2. The molecule has 33 heavy (non-hydrogen) atoms. The number of nitrogens with zero attached hydrogens (tertiary/aromatic N) is 3. The van der Waals surface area contributed by atoms with Gasteiger partial charge in [0.05, 0.1) is 10.7 Å². The van der Waals surface area contributed by atoms with Crippen LogP contribution >= 0.6 is 11.6 Å². The molecular formula is C24H27ClF3N5. The van der Waals surface area contributed by atoms with E-state index in [-0.39, 0.29) is 34.9 Å². The number of aromatic nitrogens is 3. The van der Waals surface area contributed by atoms with Crippen molar-refractivity contribution in [2.45, 2.75) is 52.1 Å². The van der Waals surface area contributed by atoms with Gasteiger partial charge in [-0.3, -0.25) is 10.00 Å². The van der Waals surface area contributed by atoms with Gasteiger partial charge in [-0.15, -0.1) is 0 Å². The molecule has 1 aliphatic rings. The molecule has 1 fully saturated rings. The van der Waals surface area contributed by atoms with Crippen LogP contribution in [0.2, 0.25) is 5.02 Å². The Bertz CT molecular complexity index is 1120. The largest absolute Gasteiger partial charge is 0.323 e. The van der Waals surface area contributed by atoms with E-state index in [0.29, 0.717) is 30.3 Å². The molecule has 0 saturated carbocycles. The molecule has 0 bridgehead atoms. The third-order valence-corrected chi connectivity index (χ3v) is 6.57. The first-order chi connectivity index (χ1) is 15.8. The van der Waals surface area contributed by atoms with Gasteiger partial charge in [0.25, 0.3) is 0 Å². The van der Waals surface area contributed by atoms with Gasteiger partial charge < -0.3 is 5.32 Å². The first-order valence-corrected chi connectivity index (χ1v) is 11.5. The molecule has 2 N–H and O–H groups in total. The van der Waals surface area contributed by atoms with Crippen LogP contribution < -0.4 is 5.32 Å². The Labute approximate surface area is 196 Å². The van der Waals surface area contributed by atoms with E-state index in [9.17, 15) is 13.2 Å². The van der Waals surface area contributed by atoms with Gasteiger partial charge in [0, 0.05) is 29.9 Å². The van der Waals surface area contributed by atoms with Gasteiger partial charge in [-0.25, -0.2) is 18.2 Å². The fourth-order valence-electron chi connectivity index (χ4n) is 4.50. The lowest BCUT2D eigenvalue weighted by molar-refractivity contribution is 0.0980. The molecule has 0 spiro atoms. The van der Waals surface area contributed by atoms with Crippen LogP contribution in [0.25, 0.3) is 0 Å². The molecule has 5 nitrogen and oxygen atoms in total. The van der Waals surface area contributed by atoms with Gasteiger partial charge in [-0.05, 0) is 69.3 Å². The standard InChI is InChI=1S/C24H27ClF3N5/c1-3-16-11-15(8-9-33(16)13-17-19(26)5-4-18(25)24(17)28)12-21-20(27)6-7-22(29-21)30-23-10-14(2)31-32-23/h4-7,10,15-16H,3,8-9,11-13H2,1-2H3,(H2,29,30,31,32)/t15?,16-/m1/s1. The number of hydrogen-bond acceptors (Lipinski definition) is 4. The van der Waals surface area contributed by atoms with Crippen LogP contribution in [0.5, 0.6) is 0 Å². The summed E-state index contributed by atoms with van der Waals surface area (Å²) in [5.74, 6) is -0.234. The van der Waals surface area contributed by atoms with Crippen LogP contribution in [0.3, 0.4) is 0 Å². The Morgan fingerprint density at radius 2 is 1.94 bits per heavy atom. The van der Waals surface area contributed by atoms with Crippen molar-refractivity contribution >= 4 is 23.2 Å². The number of aromatic amines is 1. The molecule has 0 amide bonds. The summed E-state index contributed by atoms with van der Waals surface area (Å²) in [7, 11) is 0. The quantitative estimate of drug-likeness (QED) is 0.400. The molecule has 3 heterocycles. The minimum absolute atomic E-state index is 0.000472. The summed E-state index contributed by atoms with van der Waals surface area (Å²) >= 11 is 5.85. The summed E-state index contributed by atoms with van der Waals surface area (Å²) < 4.78 is 43.1. The second kappa shape index (κ2) is 10.1. The van der Waals surface area contributed by atoms with Crippen molar-refractivity contribution in [1.82, 2.24) is 20.1 Å². The zero-order valence-corrected chi connectivity index (χ0v) is 19.4. The number of benzene rings is 1. The van der Waals surface area contributed by atoms with E-state index in [1.54, 1.807) is 6.07 Å². The minimum Gasteiger partial charge on any atom is -0.323 e. The molecule has 2 atom stereocenters. The van der Waals surface area contributed by atoms with Crippen molar-refractivity contribution in [2.75, 3.05) is 11.9 Å². The van der Waals surface area contributed by atoms with Gasteiger partial charge in [-0.2, -0.15) is 5.10 Å². The summed E-state index contributed by atoms with van der Waals surface area (Å²) in [6.07, 6.45) is 2.93. The van der Waals surface area contributed by atoms with Crippen molar-refractivity contribution in [3.8, 4) is 0 Å². The summed E-state index contributed by atoms with van der Waals surface area (Å²) in [4.78, 5) is 6.57. The highest BCUT2D eigenvalue weighted by Crippen LogP contribution is 2.31. The van der Waals surface area contributed by atoms with E-state index < -0.39 is 11.6 Å². The maximum Gasteiger partial charge on any atom is 0.153 e. The van der Waals surface area contributed by atoms with E-state index in [1.165, 1.54) is 18.2 Å². The van der Waals surface area contributed by atoms with Gasteiger partial charge in [-0.1, -0.05) is 18.5 Å². The van der Waals surface area contributed by atoms with Crippen molar-refractivity contribution in [1.29, 1.82) is 0 Å². The lowest BCUT2D eigenvalue weighted by atomic mass is 9.86. The van der Waals surface area contributed by atoms with E-state index in [2.05, 4.69) is 32.3 Å². The minimum atomic E-state index is -0.698. The Kier molecular flexibility index (Phi) is 7.24. The van der Waals surface area contributed by atoms with Gasteiger partial charge in [0.15, 0.2) is 5.82 Å². The Morgan fingerprint density at radius 1 is 1.15 bits per heavy atom. The predicted molar refractivity (Wildman–Crippen MR) is 123 cm³/mol. The third kappa shape index (κ3) is 5.50. The Morgan fingerprint density at radius 3 is 2.67 bits per heavy atom. The van der Waals surface area contributed by atoms with Crippen LogP contribution in [-0.2, 0) is 13.0 Å². The highest BCUT2D eigenvalue weighted by molar-refractivity contribution is 6.30. The second-order valence-electron chi connectivity index (χ2n) is 8.64. The number of piperidine rings is 1. The summed E-state index contributed by atoms with van der Waals surface area (Å²) in [6, 6.07) is 7.43. The zero-order chi connectivity index (χ0) is 23.5. The SMILES string of the molecule is CC[C@@H]1CC(Cc2nc(Nc3cc(C)[nH]n3)ccc2F)CCN1Cc1c(F)ccc(Cl)c1F. The lowest BCUT2D eigenvalue weighted by Crippen LogP contribution is -2.42. The molecule has 1 aromatic carbocycles. The van der Waals surface area contributed by atoms with E-state index in [1.807, 2.05) is 13.0 Å². The number of hydrogen-bond donors (Lipinski definition) is 2. The van der Waals surface area contributed by atoms with Crippen LogP contribution in [-0.4, -0.2) is 32.7 Å². The number of likely N-dealkylation sites (tertiary alicyclic amines) is 1. The van der Waals surface area contributed by atoms with Crippen molar-refractivity contribution in [2.24, 2.45) is 5.92 Å². The summed E-state index contributed by atoms with van der Waals surface area (Å²) in [5.41, 5.74) is 1.32. The van der Waals surface area contributed by atoms with Gasteiger partial charge in [0.2, 0.25) is 0 Å². The van der Waals surface area contributed by atoms with E-state index in [0.717, 1.165) is 25.0 Å². The predicted octanol–water partition coefficient (Wildman–Crippen LogP) is 6.16. The smallest absolute Gasteiger partial charge is 0.153 e. The Hall–Kier alpha value is -2.58. The highest BCUT2D eigenvalue weighted by atomic mass is 35.5. The van der Waals surface area contributed by atoms with Crippen LogP contribution in [0.1, 0.15) is 43.1 Å². The average molecular weight is 478 g/mol. The fraction of sp³-hybridized carbons (Fsp3) is 0.417. The number of nitrogens with one attached hydrogen (secondary N) is 2. The van der Waals surface area contributed by atoms with Gasteiger partial charge >= 0.3 is 0 Å². The molecule has 1 unspecified atom stereocenters. The molecule has 2 aromatic heterocycles. The van der Waals surface area contributed by atoms with Crippen molar-refractivity contribution < 1.29 is 13.2 Å². The number of H-pyrrole nitrogens is 1. The van der Waals surface area contributed by atoms with E-state index >= 15 is 0 Å². The van der Waals surface area contributed by atoms with E-state index in [4.69, 9.17) is 11.6 Å². The number of rotatable bonds is 7. The molecule has 9 heteroatoms. The molecule has 176 valence electrons. The highest BCUT2D eigenvalue weighted by Gasteiger charge is 2.30.